The second kappa shape index (κ2) is 5.98. The molecule has 0 aliphatic heterocycles. The third-order valence-corrected chi connectivity index (χ3v) is 3.73. The van der Waals surface area contributed by atoms with Gasteiger partial charge < -0.3 is 5.11 Å². The summed E-state index contributed by atoms with van der Waals surface area (Å²) < 4.78 is 26.7. The van der Waals surface area contributed by atoms with Crippen molar-refractivity contribution in [3.05, 3.63) is 23.5 Å². The van der Waals surface area contributed by atoms with Gasteiger partial charge in [-0.05, 0) is 12.1 Å². The highest BCUT2D eigenvalue weighted by Crippen LogP contribution is 2.14. The number of carbonyl (C=O) groups is 1. The van der Waals surface area contributed by atoms with Crippen molar-refractivity contribution in [3.63, 3.8) is 0 Å². The lowest BCUT2D eigenvalue weighted by atomic mass is 10.4. The number of halogens is 1. The number of aliphatic carboxylic acids is 1. The molecule has 1 rings (SSSR count). The predicted molar refractivity (Wildman–Crippen MR) is 66.7 cm³/mol. The SMILES string of the molecule is CN(CCC(=O)O)S(=O)(=O)Nc1ccnc(Cl)c1. The van der Waals surface area contributed by atoms with Crippen LogP contribution in [0.3, 0.4) is 0 Å². The number of hydrogen-bond donors (Lipinski definition) is 2. The van der Waals surface area contributed by atoms with Gasteiger partial charge in [0.1, 0.15) is 5.15 Å². The van der Waals surface area contributed by atoms with Crippen LogP contribution in [0.5, 0.6) is 0 Å². The van der Waals surface area contributed by atoms with Crippen LogP contribution in [0.1, 0.15) is 6.42 Å². The third-order valence-electron chi connectivity index (χ3n) is 2.02. The molecule has 0 atom stereocenters. The van der Waals surface area contributed by atoms with Gasteiger partial charge >= 0.3 is 16.2 Å². The van der Waals surface area contributed by atoms with Crippen LogP contribution in [0.15, 0.2) is 18.3 Å². The number of nitrogens with one attached hydrogen (secondary N) is 1. The second-order valence-electron chi connectivity index (χ2n) is 3.44. The predicted octanol–water partition coefficient (Wildman–Crippen LogP) is 0.798. The molecule has 0 fully saturated rings. The van der Waals surface area contributed by atoms with Gasteiger partial charge in [-0.2, -0.15) is 12.7 Å². The first-order valence-electron chi connectivity index (χ1n) is 4.88. The van der Waals surface area contributed by atoms with Gasteiger partial charge in [-0.1, -0.05) is 11.6 Å². The molecule has 0 radical (unpaired) electrons. The highest BCUT2D eigenvalue weighted by Gasteiger charge is 2.18. The minimum absolute atomic E-state index is 0.122. The zero-order chi connectivity index (χ0) is 13.8. The molecule has 0 aliphatic rings. The molecule has 2 N–H and O–H groups in total. The molecule has 7 nitrogen and oxygen atoms in total. The number of anilines is 1. The number of carboxylic acid groups (broad SMARTS) is 1. The van der Waals surface area contributed by atoms with E-state index in [1.165, 1.54) is 25.4 Å². The summed E-state index contributed by atoms with van der Waals surface area (Å²) in [5, 5.41) is 8.64. The molecule has 18 heavy (non-hydrogen) atoms. The summed E-state index contributed by atoms with van der Waals surface area (Å²) in [6, 6.07) is 2.79. The minimum atomic E-state index is -3.79. The van der Waals surface area contributed by atoms with Crippen LogP contribution in [0.25, 0.3) is 0 Å². The fraction of sp³-hybridized carbons (Fsp3) is 0.333. The smallest absolute Gasteiger partial charge is 0.304 e. The van der Waals surface area contributed by atoms with Crippen LogP contribution in [-0.2, 0) is 15.0 Å². The lowest BCUT2D eigenvalue weighted by molar-refractivity contribution is -0.137. The largest absolute Gasteiger partial charge is 0.481 e. The molecule has 1 heterocycles. The van der Waals surface area contributed by atoms with Crippen LogP contribution in [-0.4, -0.2) is 42.4 Å². The summed E-state index contributed by atoms with van der Waals surface area (Å²) in [7, 11) is -2.51. The first-order valence-corrected chi connectivity index (χ1v) is 6.70. The van der Waals surface area contributed by atoms with E-state index in [2.05, 4.69) is 9.71 Å². The Kier molecular flexibility index (Phi) is 4.88. The molecule has 0 spiro atoms. The van der Waals surface area contributed by atoms with Crippen LogP contribution in [0, 0.1) is 0 Å². The fourth-order valence-electron chi connectivity index (χ4n) is 1.07. The summed E-state index contributed by atoms with van der Waals surface area (Å²) >= 11 is 5.62. The van der Waals surface area contributed by atoms with Crippen molar-refractivity contribution in [1.82, 2.24) is 9.29 Å². The first kappa shape index (κ1) is 14.7. The molecule has 0 unspecified atom stereocenters. The Morgan fingerprint density at radius 2 is 2.28 bits per heavy atom. The van der Waals surface area contributed by atoms with Gasteiger partial charge in [-0.15, -0.1) is 0 Å². The Bertz CT molecular complexity index is 534. The van der Waals surface area contributed by atoms with Crippen molar-refractivity contribution in [2.75, 3.05) is 18.3 Å². The second-order valence-corrected chi connectivity index (χ2v) is 5.60. The summed E-state index contributed by atoms with van der Waals surface area (Å²) in [5.41, 5.74) is 0.261. The van der Waals surface area contributed by atoms with Gasteiger partial charge in [-0.25, -0.2) is 4.98 Å². The molecular formula is C9H12ClN3O4S. The zero-order valence-electron chi connectivity index (χ0n) is 9.50. The van der Waals surface area contributed by atoms with E-state index in [9.17, 15) is 13.2 Å². The highest BCUT2D eigenvalue weighted by atomic mass is 35.5. The van der Waals surface area contributed by atoms with E-state index in [-0.39, 0.29) is 23.8 Å². The molecule has 0 bridgehead atoms. The van der Waals surface area contributed by atoms with Crippen LogP contribution in [0.4, 0.5) is 5.69 Å². The van der Waals surface area contributed by atoms with Gasteiger partial charge in [0, 0.05) is 19.8 Å². The van der Waals surface area contributed by atoms with Crippen molar-refractivity contribution < 1.29 is 18.3 Å². The Hall–Kier alpha value is -1.38. The average Bonchev–Trinajstić information content (AvgIpc) is 2.25. The van der Waals surface area contributed by atoms with E-state index in [0.29, 0.717) is 0 Å². The normalized spacial score (nSPS) is 11.5. The van der Waals surface area contributed by atoms with Crippen LogP contribution >= 0.6 is 11.6 Å². The quantitative estimate of drug-likeness (QED) is 0.756. The molecule has 9 heteroatoms. The van der Waals surface area contributed by atoms with Crippen molar-refractivity contribution in [3.8, 4) is 0 Å². The highest BCUT2D eigenvalue weighted by molar-refractivity contribution is 7.90. The first-order chi connectivity index (χ1) is 8.31. The van der Waals surface area contributed by atoms with Crippen molar-refractivity contribution in [2.24, 2.45) is 0 Å². The van der Waals surface area contributed by atoms with Crippen molar-refractivity contribution >= 4 is 33.5 Å². The maximum Gasteiger partial charge on any atom is 0.304 e. The summed E-state index contributed by atoms with van der Waals surface area (Å²) in [5.74, 6) is -1.07. The number of rotatable bonds is 6. The minimum Gasteiger partial charge on any atom is -0.481 e. The van der Waals surface area contributed by atoms with Gasteiger partial charge in [0.2, 0.25) is 0 Å². The third kappa shape index (κ3) is 4.47. The molecule has 0 amide bonds. The zero-order valence-corrected chi connectivity index (χ0v) is 11.1. The van der Waals surface area contributed by atoms with E-state index >= 15 is 0 Å². The van der Waals surface area contributed by atoms with E-state index < -0.39 is 16.2 Å². The van der Waals surface area contributed by atoms with Crippen LogP contribution in [0.2, 0.25) is 5.15 Å². The van der Waals surface area contributed by atoms with E-state index in [1.807, 2.05) is 0 Å². The van der Waals surface area contributed by atoms with E-state index in [4.69, 9.17) is 16.7 Å². The molecule has 1 aromatic rings. The van der Waals surface area contributed by atoms with E-state index in [1.54, 1.807) is 0 Å². The lowest BCUT2D eigenvalue weighted by Gasteiger charge is -2.17. The fourth-order valence-corrected chi connectivity index (χ4v) is 2.15. The molecule has 0 aromatic carbocycles. The Morgan fingerprint density at radius 1 is 1.61 bits per heavy atom. The van der Waals surface area contributed by atoms with Gasteiger partial charge in [0.05, 0.1) is 12.1 Å². The number of pyridine rings is 1. The van der Waals surface area contributed by atoms with Crippen molar-refractivity contribution in [1.29, 1.82) is 0 Å². The molecule has 0 saturated heterocycles. The maximum atomic E-state index is 11.8. The monoisotopic (exact) mass is 293 g/mol. The summed E-state index contributed by atoms with van der Waals surface area (Å²) in [4.78, 5) is 14.1. The number of carboxylic acids is 1. The summed E-state index contributed by atoms with van der Waals surface area (Å²) in [6.07, 6.45) is 1.09. The standard InChI is InChI=1S/C9H12ClN3O4S/c1-13(5-3-9(14)15)18(16,17)12-7-2-4-11-8(10)6-7/h2,4,6H,3,5H2,1H3,(H,11,12)(H,14,15). The van der Waals surface area contributed by atoms with Gasteiger partial charge in [0.15, 0.2) is 0 Å². The molecule has 100 valence electrons. The van der Waals surface area contributed by atoms with Crippen LogP contribution < -0.4 is 4.72 Å². The molecule has 1 aromatic heterocycles. The number of hydrogen-bond acceptors (Lipinski definition) is 4. The molecule has 0 saturated carbocycles. The molecular weight excluding hydrogens is 282 g/mol. The maximum absolute atomic E-state index is 11.8. The van der Waals surface area contributed by atoms with E-state index in [0.717, 1.165) is 4.31 Å². The average molecular weight is 294 g/mol. The molecule has 0 aliphatic carbocycles. The van der Waals surface area contributed by atoms with Gasteiger partial charge in [0.25, 0.3) is 0 Å². The Morgan fingerprint density at radius 3 is 2.83 bits per heavy atom. The lowest BCUT2D eigenvalue weighted by Crippen LogP contribution is -2.34. The number of aromatic nitrogens is 1. The number of nitrogens with zero attached hydrogens (tertiary/aromatic N) is 2. The van der Waals surface area contributed by atoms with Gasteiger partial charge in [-0.3, -0.25) is 9.52 Å². The summed E-state index contributed by atoms with van der Waals surface area (Å²) in [6.45, 7) is -0.122. The Balaban J connectivity index is 2.72. The topological polar surface area (TPSA) is 99.6 Å². The Labute approximate surface area is 110 Å². The van der Waals surface area contributed by atoms with Crippen molar-refractivity contribution in [2.45, 2.75) is 6.42 Å².